The van der Waals surface area contributed by atoms with Crippen molar-refractivity contribution in [2.24, 2.45) is 0 Å². The van der Waals surface area contributed by atoms with E-state index in [1.165, 1.54) is 37.2 Å². The standard InChI is InChI=1S/C16H17NO/c18-16-8-6-13(7-9-16)14-4-3-5-15(12-14)17-10-1-2-11-17/h3-9,12,18H,1-2,10-11H2. The summed E-state index contributed by atoms with van der Waals surface area (Å²) in [6.07, 6.45) is 2.59. The number of anilines is 1. The second-order valence-electron chi connectivity index (χ2n) is 4.79. The molecule has 1 heterocycles. The molecule has 0 saturated carbocycles. The number of hydrogen-bond donors (Lipinski definition) is 1. The minimum absolute atomic E-state index is 0.314. The molecule has 0 aliphatic carbocycles. The molecule has 0 aromatic heterocycles. The lowest BCUT2D eigenvalue weighted by Gasteiger charge is -2.18. The van der Waals surface area contributed by atoms with Crippen LogP contribution in [0.1, 0.15) is 12.8 Å². The van der Waals surface area contributed by atoms with E-state index in [1.807, 2.05) is 12.1 Å². The lowest BCUT2D eigenvalue weighted by atomic mass is 10.0. The molecule has 1 fully saturated rings. The Labute approximate surface area is 107 Å². The predicted molar refractivity (Wildman–Crippen MR) is 75.0 cm³/mol. The summed E-state index contributed by atoms with van der Waals surface area (Å²) in [4.78, 5) is 2.43. The third kappa shape index (κ3) is 2.19. The van der Waals surface area contributed by atoms with E-state index in [0.29, 0.717) is 5.75 Å². The zero-order valence-corrected chi connectivity index (χ0v) is 10.3. The molecule has 0 bridgehead atoms. The van der Waals surface area contributed by atoms with Crippen LogP contribution in [0.5, 0.6) is 5.75 Å². The van der Waals surface area contributed by atoms with Gasteiger partial charge in [0.1, 0.15) is 5.75 Å². The molecule has 1 saturated heterocycles. The van der Waals surface area contributed by atoms with Crippen LogP contribution in [0.15, 0.2) is 48.5 Å². The Morgan fingerprint density at radius 2 is 1.56 bits per heavy atom. The molecule has 2 heteroatoms. The highest BCUT2D eigenvalue weighted by Gasteiger charge is 2.12. The van der Waals surface area contributed by atoms with Crippen LogP contribution in [-0.4, -0.2) is 18.2 Å². The average molecular weight is 239 g/mol. The van der Waals surface area contributed by atoms with Crippen LogP contribution in [0.3, 0.4) is 0 Å². The summed E-state index contributed by atoms with van der Waals surface area (Å²) >= 11 is 0. The first-order valence-electron chi connectivity index (χ1n) is 6.47. The highest BCUT2D eigenvalue weighted by atomic mass is 16.3. The molecule has 3 rings (SSSR count). The molecule has 1 N–H and O–H groups in total. The highest BCUT2D eigenvalue weighted by molar-refractivity contribution is 5.69. The summed E-state index contributed by atoms with van der Waals surface area (Å²) in [5.41, 5.74) is 3.66. The summed E-state index contributed by atoms with van der Waals surface area (Å²) in [5.74, 6) is 0.314. The topological polar surface area (TPSA) is 23.5 Å². The van der Waals surface area contributed by atoms with Gasteiger partial charge in [0, 0.05) is 18.8 Å². The van der Waals surface area contributed by atoms with Crippen molar-refractivity contribution < 1.29 is 5.11 Å². The molecule has 1 aliphatic rings. The Bertz CT molecular complexity index is 527. The molecule has 0 radical (unpaired) electrons. The number of aromatic hydroxyl groups is 1. The zero-order valence-electron chi connectivity index (χ0n) is 10.3. The second-order valence-corrected chi connectivity index (χ2v) is 4.79. The summed E-state index contributed by atoms with van der Waals surface area (Å²) < 4.78 is 0. The van der Waals surface area contributed by atoms with E-state index >= 15 is 0 Å². The maximum absolute atomic E-state index is 9.32. The van der Waals surface area contributed by atoms with Crippen molar-refractivity contribution in [3.63, 3.8) is 0 Å². The largest absolute Gasteiger partial charge is 0.508 e. The van der Waals surface area contributed by atoms with Crippen LogP contribution in [0.2, 0.25) is 0 Å². The molecule has 1 aliphatic heterocycles. The summed E-state index contributed by atoms with van der Waals surface area (Å²) in [6.45, 7) is 2.33. The highest BCUT2D eigenvalue weighted by Crippen LogP contribution is 2.27. The third-order valence-corrected chi connectivity index (χ3v) is 3.52. The number of phenolic OH excluding ortho intramolecular Hbond substituents is 1. The third-order valence-electron chi connectivity index (χ3n) is 3.52. The molecule has 2 aromatic rings. The first kappa shape index (κ1) is 11.1. The first-order chi connectivity index (χ1) is 8.83. The van der Waals surface area contributed by atoms with Gasteiger partial charge in [-0.25, -0.2) is 0 Å². The Morgan fingerprint density at radius 1 is 0.833 bits per heavy atom. The number of hydrogen-bond acceptors (Lipinski definition) is 2. The van der Waals surface area contributed by atoms with Crippen LogP contribution in [-0.2, 0) is 0 Å². The number of phenols is 1. The maximum Gasteiger partial charge on any atom is 0.115 e. The summed E-state index contributed by atoms with van der Waals surface area (Å²) in [5, 5.41) is 9.32. The molecule has 0 atom stereocenters. The Balaban J connectivity index is 1.92. The molecule has 18 heavy (non-hydrogen) atoms. The SMILES string of the molecule is Oc1ccc(-c2cccc(N3CCCC3)c2)cc1. The van der Waals surface area contributed by atoms with Crippen LogP contribution in [0.4, 0.5) is 5.69 Å². The molecule has 2 nitrogen and oxygen atoms in total. The lowest BCUT2D eigenvalue weighted by Crippen LogP contribution is -2.17. The van der Waals surface area contributed by atoms with E-state index in [-0.39, 0.29) is 0 Å². The smallest absolute Gasteiger partial charge is 0.115 e. The quantitative estimate of drug-likeness (QED) is 0.864. The van der Waals surface area contributed by atoms with Crippen LogP contribution in [0, 0.1) is 0 Å². The van der Waals surface area contributed by atoms with Crippen LogP contribution >= 0.6 is 0 Å². The molecular formula is C16H17NO. The summed E-state index contributed by atoms with van der Waals surface area (Å²) in [7, 11) is 0. The van der Waals surface area contributed by atoms with Gasteiger partial charge >= 0.3 is 0 Å². The molecule has 92 valence electrons. The van der Waals surface area contributed by atoms with Gasteiger partial charge in [-0.1, -0.05) is 24.3 Å². The number of nitrogens with zero attached hydrogens (tertiary/aromatic N) is 1. The Morgan fingerprint density at radius 3 is 2.28 bits per heavy atom. The van der Waals surface area contributed by atoms with Gasteiger partial charge in [0.2, 0.25) is 0 Å². The van der Waals surface area contributed by atoms with Gasteiger partial charge in [0.25, 0.3) is 0 Å². The summed E-state index contributed by atoms with van der Waals surface area (Å²) in [6, 6.07) is 16.0. The predicted octanol–water partition coefficient (Wildman–Crippen LogP) is 3.66. The molecular weight excluding hydrogens is 222 g/mol. The van der Waals surface area contributed by atoms with Gasteiger partial charge in [0.05, 0.1) is 0 Å². The van der Waals surface area contributed by atoms with E-state index < -0.39 is 0 Å². The number of rotatable bonds is 2. The van der Waals surface area contributed by atoms with Crippen molar-refractivity contribution in [2.45, 2.75) is 12.8 Å². The lowest BCUT2D eigenvalue weighted by molar-refractivity contribution is 0.475. The molecule has 2 aromatic carbocycles. The normalized spacial score (nSPS) is 15.0. The van der Waals surface area contributed by atoms with Crippen molar-refractivity contribution in [1.29, 1.82) is 0 Å². The van der Waals surface area contributed by atoms with E-state index in [0.717, 1.165) is 5.56 Å². The fourth-order valence-corrected chi connectivity index (χ4v) is 2.51. The van der Waals surface area contributed by atoms with Gasteiger partial charge < -0.3 is 10.0 Å². The van der Waals surface area contributed by atoms with Crippen molar-refractivity contribution >= 4 is 5.69 Å². The minimum atomic E-state index is 0.314. The second kappa shape index (κ2) is 4.73. The van der Waals surface area contributed by atoms with Crippen molar-refractivity contribution in [1.82, 2.24) is 0 Å². The fourth-order valence-electron chi connectivity index (χ4n) is 2.51. The molecule has 0 spiro atoms. The van der Waals surface area contributed by atoms with Gasteiger partial charge in [-0.15, -0.1) is 0 Å². The molecule has 0 amide bonds. The van der Waals surface area contributed by atoms with Crippen molar-refractivity contribution in [2.75, 3.05) is 18.0 Å². The van der Waals surface area contributed by atoms with E-state index in [1.54, 1.807) is 12.1 Å². The maximum atomic E-state index is 9.32. The monoisotopic (exact) mass is 239 g/mol. The van der Waals surface area contributed by atoms with Gasteiger partial charge in [-0.2, -0.15) is 0 Å². The van der Waals surface area contributed by atoms with E-state index in [9.17, 15) is 5.11 Å². The van der Waals surface area contributed by atoms with E-state index in [4.69, 9.17) is 0 Å². The van der Waals surface area contributed by atoms with Gasteiger partial charge in [-0.05, 0) is 48.2 Å². The Kier molecular flexibility index (Phi) is 2.93. The van der Waals surface area contributed by atoms with Gasteiger partial charge in [0.15, 0.2) is 0 Å². The van der Waals surface area contributed by atoms with Crippen molar-refractivity contribution in [3.8, 4) is 16.9 Å². The van der Waals surface area contributed by atoms with Gasteiger partial charge in [-0.3, -0.25) is 0 Å². The first-order valence-corrected chi connectivity index (χ1v) is 6.47. The fraction of sp³-hybridized carbons (Fsp3) is 0.250. The number of benzene rings is 2. The minimum Gasteiger partial charge on any atom is -0.508 e. The zero-order chi connectivity index (χ0) is 12.4. The van der Waals surface area contributed by atoms with Crippen LogP contribution < -0.4 is 4.90 Å². The molecule has 0 unspecified atom stereocenters. The van der Waals surface area contributed by atoms with Crippen LogP contribution in [0.25, 0.3) is 11.1 Å². The average Bonchev–Trinajstić information content (AvgIpc) is 2.94. The van der Waals surface area contributed by atoms with Crippen molar-refractivity contribution in [3.05, 3.63) is 48.5 Å². The van der Waals surface area contributed by atoms with E-state index in [2.05, 4.69) is 29.2 Å². The Hall–Kier alpha value is -1.96.